The van der Waals surface area contributed by atoms with Crippen LogP contribution in [-0.4, -0.2) is 23.3 Å². The molecule has 34 heavy (non-hydrogen) atoms. The van der Waals surface area contributed by atoms with Crippen LogP contribution in [0.1, 0.15) is 33.6 Å². The molecular formula is C24H18F2N2O5S. The first-order valence-electron chi connectivity index (χ1n) is 10.0. The number of carbonyl (C=O) groups excluding carboxylic acids is 2. The monoisotopic (exact) mass is 484 g/mol. The molecule has 1 amide bonds. The molecule has 0 aliphatic carbocycles. The van der Waals surface area contributed by atoms with Crippen molar-refractivity contribution in [3.05, 3.63) is 83.1 Å². The lowest BCUT2D eigenvalue weighted by Gasteiger charge is -2.05. The molecule has 7 nitrogen and oxygen atoms in total. The number of Topliss-reactive ketones (excluding diaryl/α,β-unsaturated/α-hetero) is 1. The molecule has 4 rings (SSSR count). The van der Waals surface area contributed by atoms with E-state index < -0.39 is 12.5 Å². The number of ether oxygens (including phenoxy) is 2. The van der Waals surface area contributed by atoms with Crippen LogP contribution >= 0.6 is 11.3 Å². The van der Waals surface area contributed by atoms with Crippen molar-refractivity contribution in [3.63, 3.8) is 0 Å². The first-order valence-corrected chi connectivity index (χ1v) is 10.9. The summed E-state index contributed by atoms with van der Waals surface area (Å²) in [6.07, 6.45) is 0. The Kier molecular flexibility index (Phi) is 6.98. The highest BCUT2D eigenvalue weighted by Gasteiger charge is 2.15. The highest BCUT2D eigenvalue weighted by atomic mass is 32.1. The van der Waals surface area contributed by atoms with E-state index >= 15 is 0 Å². The van der Waals surface area contributed by atoms with Gasteiger partial charge in [-0.15, -0.1) is 11.3 Å². The summed E-state index contributed by atoms with van der Waals surface area (Å²) in [5, 5.41) is 4.76. The number of hydrogen-bond donors (Lipinski definition) is 1. The van der Waals surface area contributed by atoms with Crippen LogP contribution in [0.5, 0.6) is 11.5 Å². The first-order chi connectivity index (χ1) is 16.4. The summed E-state index contributed by atoms with van der Waals surface area (Å²) in [6, 6.07) is 15.9. The second kappa shape index (κ2) is 10.3. The highest BCUT2D eigenvalue weighted by Crippen LogP contribution is 2.27. The van der Waals surface area contributed by atoms with E-state index in [-0.39, 0.29) is 23.9 Å². The largest absolute Gasteiger partial charge is 0.486 e. The van der Waals surface area contributed by atoms with Crippen LogP contribution in [0.25, 0.3) is 11.3 Å². The number of halogens is 2. The molecule has 0 atom stereocenters. The molecule has 2 aromatic heterocycles. The summed E-state index contributed by atoms with van der Waals surface area (Å²) in [6.45, 7) is -1.29. The Hall–Kier alpha value is -4.05. The minimum atomic E-state index is -2.89. The summed E-state index contributed by atoms with van der Waals surface area (Å²) in [5.41, 5.74) is 1.85. The molecule has 0 saturated heterocycles. The summed E-state index contributed by atoms with van der Waals surface area (Å²) in [7, 11) is 0. The number of hydrogen-bond acceptors (Lipinski definition) is 7. The molecule has 0 aliphatic rings. The zero-order chi connectivity index (χ0) is 24.1. The maximum Gasteiger partial charge on any atom is 0.387 e. The summed E-state index contributed by atoms with van der Waals surface area (Å²) in [4.78, 5) is 28.2. The highest BCUT2D eigenvalue weighted by molar-refractivity contribution is 7.14. The van der Waals surface area contributed by atoms with Gasteiger partial charge >= 0.3 is 6.61 Å². The van der Waals surface area contributed by atoms with Crippen molar-refractivity contribution in [2.75, 3.05) is 5.32 Å². The van der Waals surface area contributed by atoms with Gasteiger partial charge in [0.2, 0.25) is 0 Å². The second-order valence-corrected chi connectivity index (χ2v) is 7.89. The minimum absolute atomic E-state index is 0.0297. The maximum atomic E-state index is 12.5. The Morgan fingerprint density at radius 2 is 1.74 bits per heavy atom. The van der Waals surface area contributed by atoms with Crippen LogP contribution in [0.15, 0.2) is 70.5 Å². The molecule has 2 heterocycles. The Labute approximate surface area is 197 Å². The topological polar surface area (TPSA) is 90.7 Å². The number of furan rings is 1. The Bertz CT molecular complexity index is 1280. The fourth-order valence-corrected chi connectivity index (χ4v) is 3.66. The average molecular weight is 484 g/mol. The van der Waals surface area contributed by atoms with Gasteiger partial charge in [0.15, 0.2) is 16.7 Å². The molecule has 2 aromatic carbocycles. The van der Waals surface area contributed by atoms with E-state index in [9.17, 15) is 18.4 Å². The fourth-order valence-electron chi connectivity index (χ4n) is 2.95. The van der Waals surface area contributed by atoms with Gasteiger partial charge in [-0.25, -0.2) is 4.98 Å². The summed E-state index contributed by atoms with van der Waals surface area (Å²) < 4.78 is 40.0. The third-order valence-corrected chi connectivity index (χ3v) is 5.39. The van der Waals surface area contributed by atoms with Crippen LogP contribution < -0.4 is 14.8 Å². The van der Waals surface area contributed by atoms with Gasteiger partial charge in [0, 0.05) is 16.5 Å². The Morgan fingerprint density at radius 1 is 1.03 bits per heavy atom. The number of alkyl halides is 2. The molecule has 0 spiro atoms. The number of nitrogens with one attached hydrogen (secondary N) is 1. The zero-order valence-corrected chi connectivity index (χ0v) is 18.6. The molecule has 0 aliphatic heterocycles. The number of ketones is 1. The summed E-state index contributed by atoms with van der Waals surface area (Å²) >= 11 is 1.22. The molecule has 0 bridgehead atoms. The number of aromatic nitrogens is 1. The zero-order valence-electron chi connectivity index (χ0n) is 17.8. The van der Waals surface area contributed by atoms with E-state index in [0.717, 1.165) is 0 Å². The number of nitrogens with zero attached hydrogens (tertiary/aromatic N) is 1. The van der Waals surface area contributed by atoms with Crippen molar-refractivity contribution < 1.29 is 32.3 Å². The minimum Gasteiger partial charge on any atom is -0.486 e. The molecule has 0 fully saturated rings. The van der Waals surface area contributed by atoms with Crippen molar-refractivity contribution in [3.8, 4) is 22.8 Å². The predicted molar refractivity (Wildman–Crippen MR) is 122 cm³/mol. The van der Waals surface area contributed by atoms with Gasteiger partial charge < -0.3 is 13.9 Å². The molecular weight excluding hydrogens is 466 g/mol. The van der Waals surface area contributed by atoms with Crippen LogP contribution in [0.4, 0.5) is 13.9 Å². The maximum absolute atomic E-state index is 12.5. The van der Waals surface area contributed by atoms with E-state index in [1.165, 1.54) is 36.5 Å². The van der Waals surface area contributed by atoms with E-state index in [4.69, 9.17) is 9.15 Å². The SMILES string of the molecule is CC(=O)c1ccc(OCc2ccc(C(=O)Nc3nc(-c4ccc(OC(F)F)cc4)cs3)o2)cc1. The summed E-state index contributed by atoms with van der Waals surface area (Å²) in [5.74, 6) is 0.656. The predicted octanol–water partition coefficient (Wildman–Crippen LogP) is 6.04. The van der Waals surface area contributed by atoms with Crippen LogP contribution in [0.3, 0.4) is 0 Å². The number of rotatable bonds is 9. The van der Waals surface area contributed by atoms with Gasteiger partial charge in [-0.3, -0.25) is 14.9 Å². The smallest absolute Gasteiger partial charge is 0.387 e. The van der Waals surface area contributed by atoms with E-state index in [1.54, 1.807) is 47.8 Å². The molecule has 0 unspecified atom stereocenters. The lowest BCUT2D eigenvalue weighted by atomic mass is 10.1. The normalized spacial score (nSPS) is 10.8. The third kappa shape index (κ3) is 5.84. The molecule has 1 N–H and O–H groups in total. The third-order valence-electron chi connectivity index (χ3n) is 4.63. The van der Waals surface area contributed by atoms with Gasteiger partial charge in [-0.1, -0.05) is 0 Å². The van der Waals surface area contributed by atoms with Gasteiger partial charge in [0.05, 0.1) is 5.69 Å². The number of thiazole rings is 1. The van der Waals surface area contributed by atoms with Crippen molar-refractivity contribution in [2.45, 2.75) is 20.1 Å². The van der Waals surface area contributed by atoms with Gasteiger partial charge in [0.1, 0.15) is 23.9 Å². The van der Waals surface area contributed by atoms with E-state index in [1.807, 2.05) is 0 Å². The van der Waals surface area contributed by atoms with Gasteiger partial charge in [-0.2, -0.15) is 8.78 Å². The average Bonchev–Trinajstić information content (AvgIpc) is 3.48. The van der Waals surface area contributed by atoms with Gasteiger partial charge in [0.25, 0.3) is 5.91 Å². The fraction of sp³-hybridized carbons (Fsp3) is 0.125. The standard InChI is InChI=1S/C24H18F2N2O5S/c1-14(29)15-2-6-17(7-3-15)31-12-19-10-11-21(32-19)22(30)28-24-27-20(13-34-24)16-4-8-18(9-5-16)33-23(25)26/h2-11,13,23H,12H2,1H3,(H,27,28,30). The second-order valence-electron chi connectivity index (χ2n) is 7.03. The van der Waals surface area contributed by atoms with Crippen molar-refractivity contribution in [1.82, 2.24) is 4.98 Å². The number of benzene rings is 2. The Morgan fingerprint density at radius 3 is 2.41 bits per heavy atom. The van der Waals surface area contributed by atoms with Crippen molar-refractivity contribution in [2.24, 2.45) is 0 Å². The van der Waals surface area contributed by atoms with Crippen LogP contribution in [0, 0.1) is 0 Å². The van der Waals surface area contributed by atoms with E-state index in [0.29, 0.717) is 33.5 Å². The lowest BCUT2D eigenvalue weighted by molar-refractivity contribution is -0.0498. The van der Waals surface area contributed by atoms with Crippen molar-refractivity contribution >= 4 is 28.2 Å². The molecule has 4 aromatic rings. The van der Waals surface area contributed by atoms with Crippen LogP contribution in [-0.2, 0) is 6.61 Å². The molecule has 10 heteroatoms. The molecule has 0 radical (unpaired) electrons. The Balaban J connectivity index is 1.33. The van der Waals surface area contributed by atoms with E-state index in [2.05, 4.69) is 15.0 Å². The number of carbonyl (C=O) groups is 2. The quantitative estimate of drug-likeness (QED) is 0.291. The van der Waals surface area contributed by atoms with Gasteiger partial charge in [-0.05, 0) is 67.6 Å². The molecule has 0 saturated carbocycles. The first kappa shape index (κ1) is 23.1. The lowest BCUT2D eigenvalue weighted by Crippen LogP contribution is -2.10. The van der Waals surface area contributed by atoms with Crippen molar-refractivity contribution in [1.29, 1.82) is 0 Å². The molecule has 174 valence electrons. The van der Waals surface area contributed by atoms with Crippen LogP contribution in [0.2, 0.25) is 0 Å². The number of amides is 1. The number of anilines is 1.